The number of methoxy groups -OCH3 is 1. The third-order valence-corrected chi connectivity index (χ3v) is 3.27. The molecule has 0 aromatic heterocycles. The lowest BCUT2D eigenvalue weighted by atomic mass is 9.91. The average Bonchev–Trinajstić information content (AvgIpc) is 2.49. The van der Waals surface area contributed by atoms with E-state index in [0.29, 0.717) is 5.02 Å². The number of nitriles is 1. The lowest BCUT2D eigenvalue weighted by molar-refractivity contribution is 0.0974. The monoisotopic (exact) mass is 303 g/mol. The highest BCUT2D eigenvalue weighted by Gasteiger charge is 2.26. The van der Waals surface area contributed by atoms with Gasteiger partial charge in [-0.3, -0.25) is 4.79 Å². The number of hydrogen-bond acceptors (Lipinski definition) is 3. The van der Waals surface area contributed by atoms with E-state index in [1.807, 2.05) is 6.07 Å². The van der Waals surface area contributed by atoms with Crippen LogP contribution in [0.25, 0.3) is 0 Å². The van der Waals surface area contributed by atoms with E-state index in [1.54, 1.807) is 6.07 Å². The second-order valence-corrected chi connectivity index (χ2v) is 4.73. The molecule has 2 aromatic rings. The first-order valence-electron chi connectivity index (χ1n) is 6.10. The number of hydrogen-bond donors (Lipinski definition) is 0. The standard InChI is InChI=1S/C16H11ClFNO2/c1-21-15-8-10(17)6-7-12(15)16(20)13(9-19)11-4-2-3-5-14(11)18/h2-8,13H,1H3. The largest absolute Gasteiger partial charge is 0.496 e. The molecule has 5 heteroatoms. The molecule has 106 valence electrons. The van der Waals surface area contributed by atoms with Crippen LogP contribution in [-0.2, 0) is 0 Å². The zero-order chi connectivity index (χ0) is 15.4. The van der Waals surface area contributed by atoms with Crippen LogP contribution in [0.15, 0.2) is 42.5 Å². The first-order valence-corrected chi connectivity index (χ1v) is 6.48. The van der Waals surface area contributed by atoms with Gasteiger partial charge in [-0.2, -0.15) is 5.26 Å². The molecule has 0 heterocycles. The molecule has 0 aliphatic rings. The van der Waals surface area contributed by atoms with E-state index in [2.05, 4.69) is 0 Å². The molecule has 2 rings (SSSR count). The third-order valence-electron chi connectivity index (χ3n) is 3.04. The summed E-state index contributed by atoms with van der Waals surface area (Å²) in [5.74, 6) is -2.10. The molecular formula is C16H11ClFNO2. The first-order chi connectivity index (χ1) is 10.1. The highest BCUT2D eigenvalue weighted by Crippen LogP contribution is 2.29. The van der Waals surface area contributed by atoms with Crippen molar-refractivity contribution in [3.05, 3.63) is 64.4 Å². The fourth-order valence-electron chi connectivity index (χ4n) is 2.00. The number of benzene rings is 2. The van der Waals surface area contributed by atoms with Gasteiger partial charge in [0.05, 0.1) is 18.7 Å². The number of ether oxygens (including phenoxy) is 1. The Morgan fingerprint density at radius 2 is 2.05 bits per heavy atom. The molecule has 0 saturated heterocycles. The summed E-state index contributed by atoms with van der Waals surface area (Å²) in [5.41, 5.74) is 0.235. The van der Waals surface area contributed by atoms with Crippen LogP contribution in [0.1, 0.15) is 21.8 Å². The van der Waals surface area contributed by atoms with E-state index >= 15 is 0 Å². The summed E-state index contributed by atoms with van der Waals surface area (Å²) in [6.07, 6.45) is 0. The molecule has 21 heavy (non-hydrogen) atoms. The predicted molar refractivity (Wildman–Crippen MR) is 77.1 cm³/mol. The Kier molecular flexibility index (Phi) is 4.56. The molecule has 0 spiro atoms. The molecule has 1 unspecified atom stereocenters. The van der Waals surface area contributed by atoms with Crippen LogP contribution in [0.4, 0.5) is 4.39 Å². The van der Waals surface area contributed by atoms with Crippen molar-refractivity contribution in [3.63, 3.8) is 0 Å². The average molecular weight is 304 g/mol. The summed E-state index contributed by atoms with van der Waals surface area (Å²) in [5, 5.41) is 9.65. The highest BCUT2D eigenvalue weighted by molar-refractivity contribution is 6.31. The zero-order valence-electron chi connectivity index (χ0n) is 11.1. The summed E-state index contributed by atoms with van der Waals surface area (Å²) in [6.45, 7) is 0. The summed E-state index contributed by atoms with van der Waals surface area (Å²) in [4.78, 5) is 12.5. The van der Waals surface area contributed by atoms with E-state index < -0.39 is 17.5 Å². The van der Waals surface area contributed by atoms with Crippen molar-refractivity contribution >= 4 is 17.4 Å². The van der Waals surface area contributed by atoms with Crippen molar-refractivity contribution in [3.8, 4) is 11.8 Å². The number of rotatable bonds is 4. The van der Waals surface area contributed by atoms with E-state index in [1.165, 1.54) is 43.5 Å². The van der Waals surface area contributed by atoms with Crippen LogP contribution < -0.4 is 4.74 Å². The van der Waals surface area contributed by atoms with E-state index in [9.17, 15) is 14.4 Å². The summed E-state index contributed by atoms with van der Waals surface area (Å²) >= 11 is 5.84. The number of ketones is 1. The smallest absolute Gasteiger partial charge is 0.188 e. The maximum absolute atomic E-state index is 13.8. The molecule has 0 aliphatic heterocycles. The number of nitrogens with zero attached hydrogens (tertiary/aromatic N) is 1. The summed E-state index contributed by atoms with van der Waals surface area (Å²) in [6, 6.07) is 12.0. The molecule has 1 atom stereocenters. The van der Waals surface area contributed by atoms with Crippen LogP contribution in [-0.4, -0.2) is 12.9 Å². The van der Waals surface area contributed by atoms with Gasteiger partial charge in [0.2, 0.25) is 0 Å². The number of carbonyl (C=O) groups is 1. The van der Waals surface area contributed by atoms with Gasteiger partial charge in [0.1, 0.15) is 17.5 Å². The van der Waals surface area contributed by atoms with Gasteiger partial charge in [-0.25, -0.2) is 4.39 Å². The van der Waals surface area contributed by atoms with Crippen molar-refractivity contribution in [1.82, 2.24) is 0 Å². The molecule has 0 N–H and O–H groups in total. The Morgan fingerprint density at radius 1 is 1.33 bits per heavy atom. The Labute approximate surface area is 126 Å². The summed E-state index contributed by atoms with van der Waals surface area (Å²) < 4.78 is 18.9. The van der Waals surface area contributed by atoms with Crippen LogP contribution >= 0.6 is 11.6 Å². The molecule has 0 aliphatic carbocycles. The first kappa shape index (κ1) is 15.0. The number of carbonyl (C=O) groups excluding carboxylic acids is 1. The second-order valence-electron chi connectivity index (χ2n) is 4.29. The topological polar surface area (TPSA) is 50.1 Å². The van der Waals surface area contributed by atoms with Crippen LogP contribution in [0.3, 0.4) is 0 Å². The van der Waals surface area contributed by atoms with E-state index in [4.69, 9.17) is 16.3 Å². The SMILES string of the molecule is COc1cc(Cl)ccc1C(=O)C(C#N)c1ccccc1F. The lowest BCUT2D eigenvalue weighted by Gasteiger charge is -2.12. The van der Waals surface area contributed by atoms with Gasteiger partial charge in [0.15, 0.2) is 5.78 Å². The van der Waals surface area contributed by atoms with Gasteiger partial charge < -0.3 is 4.74 Å². The fraction of sp³-hybridized carbons (Fsp3) is 0.125. The highest BCUT2D eigenvalue weighted by atomic mass is 35.5. The Bertz CT molecular complexity index is 724. The Balaban J connectivity index is 2.48. The molecule has 0 fully saturated rings. The van der Waals surface area contributed by atoms with E-state index in [-0.39, 0.29) is 16.9 Å². The maximum atomic E-state index is 13.8. The van der Waals surface area contributed by atoms with Gasteiger partial charge in [-0.05, 0) is 24.3 Å². The van der Waals surface area contributed by atoms with Gasteiger partial charge in [0, 0.05) is 10.6 Å². The van der Waals surface area contributed by atoms with Crippen molar-refractivity contribution in [2.75, 3.05) is 7.11 Å². The van der Waals surface area contributed by atoms with Crippen molar-refractivity contribution in [2.24, 2.45) is 0 Å². The van der Waals surface area contributed by atoms with Crippen molar-refractivity contribution in [2.45, 2.75) is 5.92 Å². The summed E-state index contributed by atoms with van der Waals surface area (Å²) in [7, 11) is 1.40. The minimum Gasteiger partial charge on any atom is -0.496 e. The molecule has 2 aromatic carbocycles. The van der Waals surface area contributed by atoms with E-state index in [0.717, 1.165) is 0 Å². The second kappa shape index (κ2) is 6.38. The molecule has 0 bridgehead atoms. The molecular weight excluding hydrogens is 293 g/mol. The predicted octanol–water partition coefficient (Wildman–Crippen LogP) is 3.98. The molecule has 0 amide bonds. The molecule has 0 radical (unpaired) electrons. The van der Waals surface area contributed by atoms with Crippen LogP contribution in [0.2, 0.25) is 5.02 Å². The van der Waals surface area contributed by atoms with Crippen LogP contribution in [0, 0.1) is 17.1 Å². The maximum Gasteiger partial charge on any atom is 0.188 e. The Hall–Kier alpha value is -2.38. The Morgan fingerprint density at radius 3 is 2.67 bits per heavy atom. The third kappa shape index (κ3) is 3.04. The minimum atomic E-state index is -1.23. The van der Waals surface area contributed by atoms with Gasteiger partial charge >= 0.3 is 0 Å². The normalized spacial score (nSPS) is 11.5. The lowest BCUT2D eigenvalue weighted by Crippen LogP contribution is -2.14. The molecule has 0 saturated carbocycles. The van der Waals surface area contributed by atoms with Gasteiger partial charge in [-0.15, -0.1) is 0 Å². The fourth-order valence-corrected chi connectivity index (χ4v) is 2.16. The minimum absolute atomic E-state index is 0.0435. The van der Waals surface area contributed by atoms with Gasteiger partial charge in [0.25, 0.3) is 0 Å². The van der Waals surface area contributed by atoms with Crippen LogP contribution in [0.5, 0.6) is 5.75 Å². The number of Topliss-reactive ketones (excluding diaryl/α,β-unsaturated/α-hetero) is 1. The molecule has 3 nitrogen and oxygen atoms in total. The van der Waals surface area contributed by atoms with Crippen molar-refractivity contribution in [1.29, 1.82) is 5.26 Å². The number of halogens is 2. The van der Waals surface area contributed by atoms with Gasteiger partial charge in [-0.1, -0.05) is 29.8 Å². The quantitative estimate of drug-likeness (QED) is 0.803. The van der Waals surface area contributed by atoms with Crippen molar-refractivity contribution < 1.29 is 13.9 Å². The zero-order valence-corrected chi connectivity index (χ0v) is 11.9.